The van der Waals surface area contributed by atoms with Gasteiger partial charge in [-0.3, -0.25) is 4.79 Å². The minimum absolute atomic E-state index is 0.0611. The first-order valence-corrected chi connectivity index (χ1v) is 8.77. The number of methoxy groups -OCH3 is 1. The van der Waals surface area contributed by atoms with E-state index in [1.54, 1.807) is 4.90 Å². The summed E-state index contributed by atoms with van der Waals surface area (Å²) >= 11 is 0. The summed E-state index contributed by atoms with van der Waals surface area (Å²) in [6.07, 6.45) is 2.99. The lowest BCUT2D eigenvalue weighted by atomic mass is 9.97. The molecule has 7 heteroatoms. The second-order valence-electron chi connectivity index (χ2n) is 7.40. The molecule has 0 aromatic heterocycles. The van der Waals surface area contributed by atoms with Crippen molar-refractivity contribution in [1.82, 2.24) is 0 Å². The Morgan fingerprint density at radius 1 is 1.36 bits per heavy atom. The molecule has 25 heavy (non-hydrogen) atoms. The molecule has 1 aliphatic carbocycles. The Morgan fingerprint density at radius 2 is 2.12 bits per heavy atom. The average Bonchev–Trinajstić information content (AvgIpc) is 3.37. The Bertz CT molecular complexity index is 723. The third-order valence-electron chi connectivity index (χ3n) is 5.51. The summed E-state index contributed by atoms with van der Waals surface area (Å²) in [7, 11) is 1.49. The number of carbonyl (C=O) groups is 1. The van der Waals surface area contributed by atoms with E-state index in [2.05, 4.69) is 4.90 Å². The normalized spacial score (nSPS) is 26.2. The van der Waals surface area contributed by atoms with Crippen molar-refractivity contribution in [2.45, 2.75) is 37.3 Å². The summed E-state index contributed by atoms with van der Waals surface area (Å²) in [6, 6.07) is 1.70. The largest absolute Gasteiger partial charge is 0.492 e. The third-order valence-corrected chi connectivity index (χ3v) is 5.51. The average molecular weight is 351 g/mol. The number of hydrogen-bond donors (Lipinski definition) is 1. The minimum atomic E-state index is -0.959. The highest BCUT2D eigenvalue weighted by atomic mass is 19.1. The molecule has 1 saturated heterocycles. The molecule has 1 unspecified atom stereocenters. The molecule has 2 heterocycles. The second-order valence-corrected chi connectivity index (χ2v) is 7.40. The van der Waals surface area contributed by atoms with Gasteiger partial charge in [0, 0.05) is 37.7 Å². The zero-order valence-electron chi connectivity index (χ0n) is 14.4. The van der Waals surface area contributed by atoms with Gasteiger partial charge in [-0.2, -0.15) is 0 Å². The molecule has 0 amide bonds. The maximum atomic E-state index is 14.9. The molecular formula is C18H23F2N3O2. The van der Waals surface area contributed by atoms with Crippen LogP contribution in [0.3, 0.4) is 0 Å². The van der Waals surface area contributed by atoms with Gasteiger partial charge in [-0.15, -0.1) is 0 Å². The highest BCUT2D eigenvalue weighted by molar-refractivity contribution is 6.06. The van der Waals surface area contributed by atoms with E-state index < -0.39 is 18.0 Å². The number of ether oxygens (including phenoxy) is 1. The summed E-state index contributed by atoms with van der Waals surface area (Å²) < 4.78 is 33.7. The number of nitrogens with zero attached hydrogens (tertiary/aromatic N) is 2. The number of nitrogens with two attached hydrogens (primary N) is 1. The molecule has 5 nitrogen and oxygen atoms in total. The Balaban J connectivity index is 1.83. The third kappa shape index (κ3) is 2.65. The van der Waals surface area contributed by atoms with E-state index in [-0.39, 0.29) is 12.3 Å². The summed E-state index contributed by atoms with van der Waals surface area (Å²) in [5.41, 5.74) is 6.44. The number of benzene rings is 1. The van der Waals surface area contributed by atoms with Gasteiger partial charge < -0.3 is 20.3 Å². The van der Waals surface area contributed by atoms with Gasteiger partial charge in [0.15, 0.2) is 17.3 Å². The zero-order chi connectivity index (χ0) is 17.8. The van der Waals surface area contributed by atoms with Crippen LogP contribution >= 0.6 is 0 Å². The molecule has 0 radical (unpaired) electrons. The van der Waals surface area contributed by atoms with Crippen LogP contribution in [-0.4, -0.2) is 50.8 Å². The summed E-state index contributed by atoms with van der Waals surface area (Å²) in [6.45, 7) is 0.672. The Labute approximate surface area is 145 Å². The van der Waals surface area contributed by atoms with Gasteiger partial charge in [-0.1, -0.05) is 0 Å². The van der Waals surface area contributed by atoms with Crippen molar-refractivity contribution < 1.29 is 18.3 Å². The van der Waals surface area contributed by atoms with Crippen molar-refractivity contribution in [2.24, 2.45) is 5.73 Å². The monoisotopic (exact) mass is 351 g/mol. The number of alkyl halides is 1. The molecule has 1 aromatic carbocycles. The van der Waals surface area contributed by atoms with Crippen LogP contribution in [0.25, 0.3) is 0 Å². The van der Waals surface area contributed by atoms with Crippen molar-refractivity contribution in [3.63, 3.8) is 0 Å². The number of rotatable bonds is 4. The van der Waals surface area contributed by atoms with Gasteiger partial charge in [-0.05, 0) is 25.3 Å². The van der Waals surface area contributed by atoms with Crippen LogP contribution in [0.5, 0.6) is 5.75 Å². The Morgan fingerprint density at radius 3 is 2.72 bits per heavy atom. The van der Waals surface area contributed by atoms with E-state index in [1.165, 1.54) is 13.2 Å². The molecule has 1 saturated carbocycles. The van der Waals surface area contributed by atoms with Crippen LogP contribution in [0.15, 0.2) is 6.07 Å². The number of carbonyl (C=O) groups excluding carboxylic acids is 1. The Hall–Kier alpha value is -1.89. The van der Waals surface area contributed by atoms with Crippen molar-refractivity contribution in [3.05, 3.63) is 17.4 Å². The lowest BCUT2D eigenvalue weighted by molar-refractivity contribution is 0.0978. The molecule has 4 rings (SSSR count). The van der Waals surface area contributed by atoms with Gasteiger partial charge in [0.1, 0.15) is 12.4 Å². The number of halogens is 2. The molecule has 0 spiro atoms. The van der Waals surface area contributed by atoms with E-state index in [9.17, 15) is 13.6 Å². The first-order valence-electron chi connectivity index (χ1n) is 8.77. The molecule has 2 N–H and O–H groups in total. The molecule has 1 atom stereocenters. The van der Waals surface area contributed by atoms with E-state index in [0.717, 1.165) is 12.8 Å². The first-order chi connectivity index (χ1) is 12.0. The van der Waals surface area contributed by atoms with Crippen molar-refractivity contribution >= 4 is 17.2 Å². The van der Waals surface area contributed by atoms with E-state index in [4.69, 9.17) is 10.5 Å². The van der Waals surface area contributed by atoms with Crippen molar-refractivity contribution in [2.75, 3.05) is 43.2 Å². The molecule has 136 valence electrons. The highest BCUT2D eigenvalue weighted by Crippen LogP contribution is 2.49. The maximum Gasteiger partial charge on any atom is 0.169 e. The molecule has 0 bridgehead atoms. The van der Waals surface area contributed by atoms with Crippen molar-refractivity contribution in [1.29, 1.82) is 0 Å². The number of ketones is 1. The Kier molecular flexibility index (Phi) is 3.86. The number of anilines is 2. The van der Waals surface area contributed by atoms with Crippen LogP contribution in [0, 0.1) is 5.82 Å². The molecule has 2 aliphatic heterocycles. The van der Waals surface area contributed by atoms with Crippen LogP contribution < -0.4 is 20.3 Å². The maximum absolute atomic E-state index is 14.9. The molecule has 1 aromatic rings. The summed E-state index contributed by atoms with van der Waals surface area (Å²) in [5.74, 6) is -0.197. The summed E-state index contributed by atoms with van der Waals surface area (Å²) in [4.78, 5) is 16.3. The molecule has 3 aliphatic rings. The first kappa shape index (κ1) is 16.6. The highest BCUT2D eigenvalue weighted by Gasteiger charge is 2.41. The topological polar surface area (TPSA) is 58.8 Å². The van der Waals surface area contributed by atoms with Crippen LogP contribution in [-0.2, 0) is 0 Å². The fourth-order valence-corrected chi connectivity index (χ4v) is 4.01. The van der Waals surface area contributed by atoms with Crippen LogP contribution in [0.1, 0.15) is 36.0 Å². The zero-order valence-corrected chi connectivity index (χ0v) is 14.4. The summed E-state index contributed by atoms with van der Waals surface area (Å²) in [5, 5.41) is 0. The second kappa shape index (κ2) is 5.83. The predicted octanol–water partition coefficient (Wildman–Crippen LogP) is 2.27. The van der Waals surface area contributed by atoms with Gasteiger partial charge in [0.05, 0.1) is 18.3 Å². The smallest absolute Gasteiger partial charge is 0.169 e. The number of Topliss-reactive ketones (excluding diaryl/α,β-unsaturated/α-hetero) is 1. The minimum Gasteiger partial charge on any atom is -0.492 e. The van der Waals surface area contributed by atoms with Gasteiger partial charge in [0.25, 0.3) is 0 Å². The van der Waals surface area contributed by atoms with Crippen LogP contribution in [0.4, 0.5) is 20.2 Å². The number of fused-ring (bicyclic) bond motifs is 1. The van der Waals surface area contributed by atoms with Crippen molar-refractivity contribution in [3.8, 4) is 5.75 Å². The fraction of sp³-hybridized carbons (Fsp3) is 0.611. The van der Waals surface area contributed by atoms with E-state index >= 15 is 0 Å². The number of hydrogen-bond acceptors (Lipinski definition) is 5. The van der Waals surface area contributed by atoms with Gasteiger partial charge in [-0.25, -0.2) is 8.78 Å². The fourth-order valence-electron chi connectivity index (χ4n) is 4.01. The van der Waals surface area contributed by atoms with E-state index in [0.29, 0.717) is 54.7 Å². The standard InChI is InChI=1S/C18H23F2N3O2/c1-25-17-15-12(14(24)4-6-23(15)11-2-3-11)8-13(20)16(17)22-7-5-18(21,9-19)10-22/h8,11H,2-7,9-10,21H2,1H3. The predicted molar refractivity (Wildman–Crippen MR) is 92.0 cm³/mol. The van der Waals surface area contributed by atoms with Gasteiger partial charge in [0.2, 0.25) is 0 Å². The molecule has 2 fully saturated rings. The lowest BCUT2D eigenvalue weighted by Gasteiger charge is -2.34. The quantitative estimate of drug-likeness (QED) is 0.902. The van der Waals surface area contributed by atoms with Gasteiger partial charge >= 0.3 is 0 Å². The lowest BCUT2D eigenvalue weighted by Crippen LogP contribution is -2.45. The van der Waals surface area contributed by atoms with E-state index in [1.807, 2.05) is 0 Å². The van der Waals surface area contributed by atoms with Crippen LogP contribution in [0.2, 0.25) is 0 Å². The SMILES string of the molecule is COc1c(N2CCC(N)(CF)C2)c(F)cc2c1N(C1CC1)CCC2=O. The molecular weight excluding hydrogens is 328 g/mol.